The third-order valence-electron chi connectivity index (χ3n) is 6.19. The van der Waals surface area contributed by atoms with Crippen LogP contribution in [0.25, 0.3) is 11.3 Å². The van der Waals surface area contributed by atoms with Gasteiger partial charge in [0, 0.05) is 36.1 Å². The maximum Gasteiger partial charge on any atom is 0.261 e. The largest absolute Gasteiger partial charge is 0.375 e. The molecule has 9 nitrogen and oxygen atoms in total. The fourth-order valence-electron chi connectivity index (χ4n) is 4.28. The summed E-state index contributed by atoms with van der Waals surface area (Å²) >= 11 is 0. The Bertz CT molecular complexity index is 1290. The number of likely N-dealkylation sites (tertiary alicyclic amines) is 1. The number of hydrogen-bond donors (Lipinski definition) is 4. The minimum absolute atomic E-state index is 0.0205. The molecule has 1 fully saturated rings. The van der Waals surface area contributed by atoms with E-state index in [2.05, 4.69) is 11.3 Å². The van der Waals surface area contributed by atoms with E-state index >= 15 is 0 Å². The summed E-state index contributed by atoms with van der Waals surface area (Å²) in [4.78, 5) is 2.08. The van der Waals surface area contributed by atoms with Gasteiger partial charge in [-0.1, -0.05) is 36.4 Å². The molecule has 2 aromatic carbocycles. The fraction of sp³-hybridized carbons (Fsp3) is 0.320. The number of aliphatic hydroxyl groups excluding tert-OH is 2. The lowest BCUT2D eigenvalue weighted by Crippen LogP contribution is -2.42. The van der Waals surface area contributed by atoms with Gasteiger partial charge in [0.2, 0.25) is 0 Å². The van der Waals surface area contributed by atoms with Gasteiger partial charge in [-0.3, -0.25) is 14.3 Å². The van der Waals surface area contributed by atoms with Crippen molar-refractivity contribution >= 4 is 15.7 Å². The van der Waals surface area contributed by atoms with E-state index < -0.39 is 22.5 Å². The summed E-state index contributed by atoms with van der Waals surface area (Å²) < 4.78 is 30.0. The number of nitrogens with two attached hydrogens (primary N) is 1. The number of anilines is 1. The molecule has 10 heteroatoms. The number of aromatic nitrogens is 2. The zero-order chi connectivity index (χ0) is 25.2. The van der Waals surface area contributed by atoms with Gasteiger partial charge in [0.15, 0.2) is 0 Å². The molecular formula is C25H31N5O4S. The van der Waals surface area contributed by atoms with Crippen molar-refractivity contribution in [2.45, 2.75) is 43.2 Å². The minimum atomic E-state index is -3.77. The Hall–Kier alpha value is -3.02. The highest BCUT2D eigenvalue weighted by atomic mass is 32.2. The molecule has 0 aliphatic carbocycles. The van der Waals surface area contributed by atoms with Crippen LogP contribution in [0.15, 0.2) is 72.3 Å². The second-order valence-corrected chi connectivity index (χ2v) is 10.5. The summed E-state index contributed by atoms with van der Waals surface area (Å²) in [6.07, 6.45) is 2.96. The predicted octanol–water partition coefficient (Wildman–Crippen LogP) is 2.75. The number of aliphatic hydroxyl groups is 2. The van der Waals surface area contributed by atoms with Crippen molar-refractivity contribution in [1.82, 2.24) is 14.7 Å². The van der Waals surface area contributed by atoms with Gasteiger partial charge in [-0.2, -0.15) is 5.10 Å². The third kappa shape index (κ3) is 5.63. The number of hydrogen-bond acceptors (Lipinski definition) is 7. The van der Waals surface area contributed by atoms with Crippen LogP contribution in [0.4, 0.5) is 5.69 Å². The first-order chi connectivity index (χ1) is 16.7. The van der Waals surface area contributed by atoms with Crippen LogP contribution >= 0.6 is 0 Å². The van der Waals surface area contributed by atoms with Crippen LogP contribution < -0.4 is 10.5 Å². The van der Waals surface area contributed by atoms with Crippen molar-refractivity contribution in [2.24, 2.45) is 5.73 Å². The fourth-order valence-corrected chi connectivity index (χ4v) is 5.33. The molecule has 1 aliphatic heterocycles. The standard InChI is InChI=1S/C25H31N5O4S/c1-3-23(31)29-13-5-8-20(15-29)30-16-22(25(26)32)24(27-30)18-6-4-7-19(14-18)28-35(33,34)21-11-9-17(2)10-12-21/h3-4,6-7,9-12,14,16,20,23,25,28,31-32H,1,5,8,13,15,26H2,2H3/t20-,23?,25?/m1/s1. The summed E-state index contributed by atoms with van der Waals surface area (Å²) in [7, 11) is -3.77. The van der Waals surface area contributed by atoms with Crippen molar-refractivity contribution in [1.29, 1.82) is 0 Å². The second-order valence-electron chi connectivity index (χ2n) is 8.80. The van der Waals surface area contributed by atoms with E-state index in [9.17, 15) is 18.6 Å². The highest BCUT2D eigenvalue weighted by molar-refractivity contribution is 7.92. The van der Waals surface area contributed by atoms with Gasteiger partial charge >= 0.3 is 0 Å². The highest BCUT2D eigenvalue weighted by Crippen LogP contribution is 2.31. The van der Waals surface area contributed by atoms with Gasteiger partial charge in [0.25, 0.3) is 10.0 Å². The Morgan fingerprint density at radius 1 is 1.23 bits per heavy atom. The average molecular weight is 498 g/mol. The molecule has 3 aromatic rings. The zero-order valence-corrected chi connectivity index (χ0v) is 20.4. The van der Waals surface area contributed by atoms with Gasteiger partial charge in [-0.05, 0) is 50.1 Å². The molecule has 0 radical (unpaired) electrons. The van der Waals surface area contributed by atoms with Gasteiger partial charge in [-0.15, -0.1) is 0 Å². The molecule has 2 heterocycles. The normalized spacial score (nSPS) is 18.7. The maximum absolute atomic E-state index is 12.8. The number of aryl methyl sites for hydroxylation is 1. The molecule has 1 aromatic heterocycles. The zero-order valence-electron chi connectivity index (χ0n) is 19.6. The van der Waals surface area contributed by atoms with Crippen LogP contribution in [0.2, 0.25) is 0 Å². The Balaban J connectivity index is 1.62. The third-order valence-corrected chi connectivity index (χ3v) is 7.58. The topological polar surface area (TPSA) is 134 Å². The van der Waals surface area contributed by atoms with Crippen molar-refractivity contribution in [3.8, 4) is 11.3 Å². The van der Waals surface area contributed by atoms with E-state index in [4.69, 9.17) is 10.8 Å². The first-order valence-electron chi connectivity index (χ1n) is 11.5. The van der Waals surface area contributed by atoms with Crippen molar-refractivity contribution < 1.29 is 18.6 Å². The first-order valence-corrected chi connectivity index (χ1v) is 12.9. The van der Waals surface area contributed by atoms with Crippen molar-refractivity contribution in [2.75, 3.05) is 17.8 Å². The van der Waals surface area contributed by atoms with Gasteiger partial charge in [0.1, 0.15) is 12.5 Å². The van der Waals surface area contributed by atoms with Crippen LogP contribution in [0.3, 0.4) is 0 Å². The molecule has 4 rings (SSSR count). The Labute approximate surface area is 205 Å². The summed E-state index contributed by atoms with van der Waals surface area (Å²) in [5.74, 6) is 0. The van der Waals surface area contributed by atoms with E-state index in [0.29, 0.717) is 29.1 Å². The molecule has 2 unspecified atom stereocenters. The summed E-state index contributed by atoms with van der Waals surface area (Å²) in [5.41, 5.74) is 8.70. The molecule has 1 aliphatic rings. The van der Waals surface area contributed by atoms with Crippen LogP contribution in [-0.2, 0) is 10.0 Å². The number of piperidine rings is 1. The van der Waals surface area contributed by atoms with E-state index in [1.54, 1.807) is 59.4 Å². The molecule has 35 heavy (non-hydrogen) atoms. The summed E-state index contributed by atoms with van der Waals surface area (Å²) in [5, 5.41) is 25.1. The number of benzene rings is 2. The SMILES string of the molecule is C=CC(O)N1CCC[C@@H](n2cc(C(N)O)c(-c3cccc(NS(=O)(=O)c4ccc(C)cc4)c3)n2)C1. The second kappa shape index (κ2) is 10.3. The Morgan fingerprint density at radius 3 is 2.66 bits per heavy atom. The molecule has 0 saturated carbocycles. The lowest BCUT2D eigenvalue weighted by molar-refractivity contribution is 0.0121. The Kier molecular flexibility index (Phi) is 7.39. The molecule has 1 saturated heterocycles. The Morgan fingerprint density at radius 2 is 1.97 bits per heavy atom. The summed E-state index contributed by atoms with van der Waals surface area (Å²) in [6.45, 7) is 6.88. The van der Waals surface area contributed by atoms with E-state index in [1.165, 1.54) is 6.08 Å². The average Bonchev–Trinajstić information content (AvgIpc) is 3.30. The minimum Gasteiger partial charge on any atom is -0.375 e. The summed E-state index contributed by atoms with van der Waals surface area (Å²) in [6, 6.07) is 13.4. The number of nitrogens with one attached hydrogen (secondary N) is 1. The lowest BCUT2D eigenvalue weighted by Gasteiger charge is -2.34. The molecule has 3 atom stereocenters. The van der Waals surface area contributed by atoms with E-state index in [0.717, 1.165) is 24.9 Å². The van der Waals surface area contributed by atoms with Crippen molar-refractivity contribution in [3.63, 3.8) is 0 Å². The van der Waals surface area contributed by atoms with E-state index in [-0.39, 0.29) is 10.9 Å². The predicted molar refractivity (Wildman–Crippen MR) is 135 cm³/mol. The van der Waals surface area contributed by atoms with E-state index in [1.807, 2.05) is 11.8 Å². The van der Waals surface area contributed by atoms with Crippen LogP contribution in [0.1, 0.15) is 36.2 Å². The first kappa shape index (κ1) is 25.1. The van der Waals surface area contributed by atoms with Crippen LogP contribution in [0.5, 0.6) is 0 Å². The molecule has 0 spiro atoms. The van der Waals surface area contributed by atoms with Crippen LogP contribution in [0, 0.1) is 6.92 Å². The van der Waals surface area contributed by atoms with Gasteiger partial charge in [0.05, 0.1) is 16.6 Å². The molecule has 0 amide bonds. The van der Waals surface area contributed by atoms with Gasteiger partial charge in [-0.25, -0.2) is 8.42 Å². The van der Waals surface area contributed by atoms with Gasteiger partial charge < -0.3 is 15.9 Å². The molecule has 5 N–H and O–H groups in total. The number of nitrogens with zero attached hydrogens (tertiary/aromatic N) is 3. The van der Waals surface area contributed by atoms with Crippen LogP contribution in [-0.4, -0.2) is 52.6 Å². The quantitative estimate of drug-likeness (QED) is 0.278. The molecular weight excluding hydrogens is 466 g/mol. The highest BCUT2D eigenvalue weighted by Gasteiger charge is 2.27. The molecule has 186 valence electrons. The maximum atomic E-state index is 12.8. The number of rotatable bonds is 8. The number of sulfonamides is 1. The van der Waals surface area contributed by atoms with Crippen molar-refractivity contribution in [3.05, 3.63) is 78.5 Å². The monoisotopic (exact) mass is 497 g/mol. The smallest absolute Gasteiger partial charge is 0.261 e. The lowest BCUT2D eigenvalue weighted by atomic mass is 10.1. The molecule has 0 bridgehead atoms.